The van der Waals surface area contributed by atoms with Gasteiger partial charge in [-0.3, -0.25) is 0 Å². The number of aliphatic hydroxyl groups is 1. The van der Waals surface area contributed by atoms with Crippen LogP contribution in [0, 0.1) is 0 Å². The summed E-state index contributed by atoms with van der Waals surface area (Å²) in [6.45, 7) is 5.07. The lowest BCUT2D eigenvalue weighted by Crippen LogP contribution is -2.13. The monoisotopic (exact) mass is 159 g/mol. The maximum atomic E-state index is 10.6. The van der Waals surface area contributed by atoms with Crippen LogP contribution in [-0.4, -0.2) is 17.2 Å². The highest BCUT2D eigenvalue weighted by molar-refractivity contribution is 5.87. The number of rotatable bonds is 4. The van der Waals surface area contributed by atoms with Crippen LogP contribution in [0.15, 0.2) is 12.2 Å². The van der Waals surface area contributed by atoms with Crippen molar-refractivity contribution in [3.8, 4) is 0 Å². The van der Waals surface area contributed by atoms with Crippen molar-refractivity contribution in [1.82, 2.24) is 0 Å². The number of hydrogen-bond donors (Lipinski definition) is 2. The van der Waals surface area contributed by atoms with Crippen molar-refractivity contribution in [3.63, 3.8) is 0 Å². The van der Waals surface area contributed by atoms with Gasteiger partial charge in [-0.25, -0.2) is 4.79 Å². The standard InChI is InChI=1S/C7H13NO3/c1-5(7(10)11-8)3-4-6(2)9/h6,9H,1,3-4,8H2,2H3. The van der Waals surface area contributed by atoms with Gasteiger partial charge in [-0.1, -0.05) is 6.58 Å². The summed E-state index contributed by atoms with van der Waals surface area (Å²) in [5, 5.41) is 8.83. The number of carbonyl (C=O) groups excluding carboxylic acids is 1. The maximum absolute atomic E-state index is 10.6. The quantitative estimate of drug-likeness (QED) is 0.451. The van der Waals surface area contributed by atoms with Gasteiger partial charge in [0, 0.05) is 5.57 Å². The van der Waals surface area contributed by atoms with E-state index in [4.69, 9.17) is 5.11 Å². The number of nitrogens with two attached hydrogens (primary N) is 1. The van der Waals surface area contributed by atoms with Crippen molar-refractivity contribution in [2.24, 2.45) is 5.90 Å². The van der Waals surface area contributed by atoms with Crippen LogP contribution in [0.3, 0.4) is 0 Å². The first-order valence-corrected chi connectivity index (χ1v) is 3.34. The number of hydrogen-bond acceptors (Lipinski definition) is 4. The summed E-state index contributed by atoms with van der Waals surface area (Å²) in [6, 6.07) is 0. The third kappa shape index (κ3) is 4.52. The molecule has 0 heterocycles. The SMILES string of the molecule is C=C(CCC(C)O)C(=O)ON. The van der Waals surface area contributed by atoms with Gasteiger partial charge in [0.05, 0.1) is 6.10 Å². The summed E-state index contributed by atoms with van der Waals surface area (Å²) in [4.78, 5) is 14.5. The Morgan fingerprint density at radius 2 is 2.36 bits per heavy atom. The fourth-order valence-electron chi connectivity index (χ4n) is 0.569. The van der Waals surface area contributed by atoms with Crippen LogP contribution in [0.25, 0.3) is 0 Å². The summed E-state index contributed by atoms with van der Waals surface area (Å²) in [5.74, 6) is 3.99. The smallest absolute Gasteiger partial charge is 0.351 e. The Morgan fingerprint density at radius 1 is 1.82 bits per heavy atom. The molecule has 11 heavy (non-hydrogen) atoms. The van der Waals surface area contributed by atoms with Gasteiger partial charge < -0.3 is 9.94 Å². The van der Waals surface area contributed by atoms with Gasteiger partial charge in [-0.05, 0) is 19.8 Å². The summed E-state index contributed by atoms with van der Waals surface area (Å²) in [5.41, 5.74) is 0.286. The van der Waals surface area contributed by atoms with E-state index in [1.807, 2.05) is 0 Å². The lowest BCUT2D eigenvalue weighted by atomic mass is 10.1. The molecule has 1 atom stereocenters. The summed E-state index contributed by atoms with van der Waals surface area (Å²) in [6.07, 6.45) is 0.471. The summed E-state index contributed by atoms with van der Waals surface area (Å²) >= 11 is 0. The molecule has 0 aromatic carbocycles. The van der Waals surface area contributed by atoms with E-state index in [0.29, 0.717) is 12.8 Å². The molecule has 0 aromatic rings. The number of carbonyl (C=O) groups is 1. The van der Waals surface area contributed by atoms with Gasteiger partial charge in [0.15, 0.2) is 0 Å². The van der Waals surface area contributed by atoms with Crippen LogP contribution in [0.2, 0.25) is 0 Å². The average molecular weight is 159 g/mol. The van der Waals surface area contributed by atoms with Crippen LogP contribution in [0.4, 0.5) is 0 Å². The molecule has 0 amide bonds. The second-order valence-corrected chi connectivity index (χ2v) is 2.40. The molecule has 0 aliphatic rings. The van der Waals surface area contributed by atoms with E-state index >= 15 is 0 Å². The third-order valence-electron chi connectivity index (χ3n) is 1.26. The van der Waals surface area contributed by atoms with Gasteiger partial charge in [0.25, 0.3) is 0 Å². The van der Waals surface area contributed by atoms with Crippen molar-refractivity contribution in [2.45, 2.75) is 25.9 Å². The molecular weight excluding hydrogens is 146 g/mol. The molecule has 0 radical (unpaired) electrons. The second-order valence-electron chi connectivity index (χ2n) is 2.40. The molecular formula is C7H13NO3. The molecule has 0 aromatic heterocycles. The molecule has 0 rings (SSSR count). The van der Waals surface area contributed by atoms with Crippen LogP contribution < -0.4 is 5.90 Å². The number of aliphatic hydroxyl groups excluding tert-OH is 1. The van der Waals surface area contributed by atoms with E-state index in [0.717, 1.165) is 0 Å². The Hall–Kier alpha value is -0.870. The van der Waals surface area contributed by atoms with Crippen molar-refractivity contribution >= 4 is 5.97 Å². The molecule has 0 saturated carbocycles. The van der Waals surface area contributed by atoms with Crippen LogP contribution in [0.1, 0.15) is 19.8 Å². The Bertz CT molecular complexity index is 154. The molecule has 64 valence electrons. The van der Waals surface area contributed by atoms with Gasteiger partial charge >= 0.3 is 5.97 Å². The zero-order valence-electron chi connectivity index (χ0n) is 6.54. The van der Waals surface area contributed by atoms with Crippen molar-refractivity contribution in [2.75, 3.05) is 0 Å². The zero-order chi connectivity index (χ0) is 8.85. The van der Waals surface area contributed by atoms with Gasteiger partial charge in [-0.2, -0.15) is 5.90 Å². The van der Waals surface area contributed by atoms with Crippen molar-refractivity contribution in [3.05, 3.63) is 12.2 Å². The lowest BCUT2D eigenvalue weighted by molar-refractivity contribution is -0.139. The first kappa shape index (κ1) is 10.1. The normalized spacial score (nSPS) is 12.3. The van der Waals surface area contributed by atoms with E-state index in [2.05, 4.69) is 17.3 Å². The first-order chi connectivity index (χ1) is 5.07. The maximum Gasteiger partial charge on any atom is 0.351 e. The largest absolute Gasteiger partial charge is 0.393 e. The van der Waals surface area contributed by atoms with E-state index in [9.17, 15) is 4.79 Å². The molecule has 4 heteroatoms. The van der Waals surface area contributed by atoms with E-state index in [1.54, 1.807) is 6.92 Å². The molecule has 0 spiro atoms. The molecule has 3 N–H and O–H groups in total. The van der Waals surface area contributed by atoms with Gasteiger partial charge in [0.2, 0.25) is 0 Å². The Kier molecular flexibility index (Phi) is 4.49. The van der Waals surface area contributed by atoms with Gasteiger partial charge in [0.1, 0.15) is 0 Å². The molecule has 0 aliphatic carbocycles. The Balaban J connectivity index is 3.61. The molecule has 1 unspecified atom stereocenters. The highest BCUT2D eigenvalue weighted by Crippen LogP contribution is 2.05. The van der Waals surface area contributed by atoms with Crippen molar-refractivity contribution in [1.29, 1.82) is 0 Å². The predicted molar refractivity (Wildman–Crippen MR) is 40.3 cm³/mol. The molecule has 4 nitrogen and oxygen atoms in total. The zero-order valence-corrected chi connectivity index (χ0v) is 6.54. The molecule has 0 bridgehead atoms. The lowest BCUT2D eigenvalue weighted by Gasteiger charge is -2.03. The predicted octanol–water partition coefficient (Wildman–Crippen LogP) is 0.121. The Labute approximate surface area is 65.6 Å². The second kappa shape index (κ2) is 4.87. The van der Waals surface area contributed by atoms with Crippen LogP contribution in [-0.2, 0) is 9.63 Å². The van der Waals surface area contributed by atoms with Gasteiger partial charge in [-0.15, -0.1) is 0 Å². The minimum absolute atomic E-state index is 0.286. The van der Waals surface area contributed by atoms with E-state index in [1.165, 1.54) is 0 Å². The third-order valence-corrected chi connectivity index (χ3v) is 1.26. The fourth-order valence-corrected chi connectivity index (χ4v) is 0.569. The highest BCUT2D eigenvalue weighted by atomic mass is 16.7. The molecule has 0 saturated heterocycles. The van der Waals surface area contributed by atoms with E-state index in [-0.39, 0.29) is 5.57 Å². The highest BCUT2D eigenvalue weighted by Gasteiger charge is 2.07. The topological polar surface area (TPSA) is 72.5 Å². The minimum atomic E-state index is -0.620. The first-order valence-electron chi connectivity index (χ1n) is 3.34. The van der Waals surface area contributed by atoms with Crippen LogP contribution >= 0.6 is 0 Å². The summed E-state index contributed by atoms with van der Waals surface area (Å²) in [7, 11) is 0. The van der Waals surface area contributed by atoms with Crippen molar-refractivity contribution < 1.29 is 14.7 Å². The Morgan fingerprint density at radius 3 is 2.73 bits per heavy atom. The molecule has 0 aliphatic heterocycles. The average Bonchev–Trinajstić information content (AvgIpc) is 1.98. The minimum Gasteiger partial charge on any atom is -0.393 e. The fraction of sp³-hybridized carbons (Fsp3) is 0.571. The van der Waals surface area contributed by atoms with Crippen LogP contribution in [0.5, 0.6) is 0 Å². The molecule has 0 fully saturated rings. The summed E-state index contributed by atoms with van der Waals surface area (Å²) < 4.78 is 0. The van der Waals surface area contributed by atoms with E-state index < -0.39 is 12.1 Å².